The lowest BCUT2D eigenvalue weighted by molar-refractivity contribution is -0.152. The number of aliphatic hydroxyl groups excluding tert-OH is 2. The number of nitriles is 1. The van der Waals surface area contributed by atoms with Crippen LogP contribution in [0.4, 0.5) is 0 Å². The molecule has 0 heterocycles. The molecule has 150 valence electrons. The van der Waals surface area contributed by atoms with Crippen molar-refractivity contribution in [1.82, 2.24) is 4.90 Å². The molecule has 4 N–H and O–H groups in total. The number of Topliss-reactive ketones (excluding diaryl/α,β-unsaturated/α-hetero) is 2. The minimum Gasteiger partial charge on any atom is -0.507 e. The number of benzene rings is 1. The van der Waals surface area contributed by atoms with Crippen LogP contribution in [0.5, 0.6) is 5.75 Å². The minimum absolute atomic E-state index is 0.103. The van der Waals surface area contributed by atoms with Crippen LogP contribution >= 0.6 is 0 Å². The standard InChI is InChI=1S/C21H20N2O6/c1-23(2)16-12-7-10-6-9-4-3-5-13(24)14(9)18(26)15(10)20(28)21(12,29)19(27)11(8-22)17(16)25/h3-5,10,12,16,24,26-27,29H,6-7H2,1-2H3. The summed E-state index contributed by atoms with van der Waals surface area (Å²) in [6.45, 7) is 0. The second-order valence-corrected chi connectivity index (χ2v) is 8.02. The Labute approximate surface area is 166 Å². The van der Waals surface area contributed by atoms with E-state index in [2.05, 4.69) is 0 Å². The summed E-state index contributed by atoms with van der Waals surface area (Å²) in [4.78, 5) is 27.7. The summed E-state index contributed by atoms with van der Waals surface area (Å²) < 4.78 is 0. The number of likely N-dealkylation sites (N-methyl/N-ethyl adjacent to an activating group) is 1. The monoisotopic (exact) mass is 396 g/mol. The molecule has 0 aromatic heterocycles. The SMILES string of the molecule is CN(C)C1C(=O)C(C#N)=C(O)C2(O)C(=O)C3=C(O)c4c(O)cccc4CC3CC12. The molecule has 3 aliphatic carbocycles. The number of aliphatic hydroxyl groups is 3. The molecule has 0 radical (unpaired) electrons. The third-order valence-electron chi connectivity index (χ3n) is 6.32. The number of rotatable bonds is 1. The van der Waals surface area contributed by atoms with E-state index >= 15 is 0 Å². The Morgan fingerprint density at radius 3 is 2.52 bits per heavy atom. The Kier molecular flexibility index (Phi) is 4.08. The molecule has 1 aromatic rings. The van der Waals surface area contributed by atoms with Crippen molar-refractivity contribution >= 4 is 17.3 Å². The highest BCUT2D eigenvalue weighted by atomic mass is 16.3. The number of ketones is 2. The van der Waals surface area contributed by atoms with E-state index in [0.717, 1.165) is 0 Å². The van der Waals surface area contributed by atoms with Crippen LogP contribution in [-0.4, -0.2) is 62.6 Å². The highest BCUT2D eigenvalue weighted by molar-refractivity contribution is 6.15. The number of nitrogens with zero attached hydrogens (tertiary/aromatic N) is 2. The molecule has 4 atom stereocenters. The van der Waals surface area contributed by atoms with Gasteiger partial charge in [0.05, 0.1) is 11.6 Å². The van der Waals surface area contributed by atoms with Gasteiger partial charge in [0.15, 0.2) is 17.1 Å². The van der Waals surface area contributed by atoms with Gasteiger partial charge in [-0.2, -0.15) is 5.26 Å². The quantitative estimate of drug-likeness (QED) is 0.551. The van der Waals surface area contributed by atoms with E-state index in [9.17, 15) is 35.3 Å². The molecule has 8 heteroatoms. The number of phenolic OH excluding ortho intramolecular Hbond substituents is 1. The maximum atomic E-state index is 13.4. The second-order valence-electron chi connectivity index (χ2n) is 8.02. The zero-order valence-corrected chi connectivity index (χ0v) is 15.9. The summed E-state index contributed by atoms with van der Waals surface area (Å²) in [6, 6.07) is 5.36. The van der Waals surface area contributed by atoms with Crippen molar-refractivity contribution in [2.24, 2.45) is 11.8 Å². The number of phenols is 1. The molecular weight excluding hydrogens is 376 g/mol. The van der Waals surface area contributed by atoms with Crippen molar-refractivity contribution in [3.63, 3.8) is 0 Å². The Morgan fingerprint density at radius 2 is 1.90 bits per heavy atom. The Morgan fingerprint density at radius 1 is 1.21 bits per heavy atom. The van der Waals surface area contributed by atoms with Crippen molar-refractivity contribution in [3.05, 3.63) is 46.2 Å². The third kappa shape index (κ3) is 2.32. The lowest BCUT2D eigenvalue weighted by atomic mass is 9.57. The zero-order chi connectivity index (χ0) is 21.2. The number of carbonyl (C=O) groups is 2. The van der Waals surface area contributed by atoms with Gasteiger partial charge in [-0.1, -0.05) is 12.1 Å². The first-order chi connectivity index (χ1) is 13.6. The van der Waals surface area contributed by atoms with Crippen LogP contribution in [0, 0.1) is 23.2 Å². The van der Waals surface area contributed by atoms with Crippen LogP contribution in [0.2, 0.25) is 0 Å². The van der Waals surface area contributed by atoms with E-state index in [1.54, 1.807) is 32.3 Å². The topological polar surface area (TPSA) is 142 Å². The fourth-order valence-electron chi connectivity index (χ4n) is 5.05. The Balaban J connectivity index is 1.97. The van der Waals surface area contributed by atoms with Crippen molar-refractivity contribution < 1.29 is 30.0 Å². The average molecular weight is 396 g/mol. The van der Waals surface area contributed by atoms with Crippen LogP contribution in [0.3, 0.4) is 0 Å². The van der Waals surface area contributed by atoms with Gasteiger partial charge in [-0.15, -0.1) is 0 Å². The van der Waals surface area contributed by atoms with Crippen molar-refractivity contribution in [1.29, 1.82) is 5.26 Å². The molecule has 0 amide bonds. The van der Waals surface area contributed by atoms with Gasteiger partial charge in [0.2, 0.25) is 5.78 Å². The summed E-state index contributed by atoms with van der Waals surface area (Å²) in [7, 11) is 3.20. The highest BCUT2D eigenvalue weighted by Gasteiger charge is 2.63. The molecule has 1 aromatic carbocycles. The van der Waals surface area contributed by atoms with Gasteiger partial charge in [-0.05, 0) is 44.5 Å². The summed E-state index contributed by atoms with van der Waals surface area (Å²) in [5, 5.41) is 52.2. The van der Waals surface area contributed by atoms with E-state index in [-0.39, 0.29) is 23.3 Å². The smallest absolute Gasteiger partial charge is 0.202 e. The predicted molar refractivity (Wildman–Crippen MR) is 101 cm³/mol. The van der Waals surface area contributed by atoms with E-state index in [4.69, 9.17) is 0 Å². The summed E-state index contributed by atoms with van der Waals surface area (Å²) in [5.74, 6) is -4.72. The molecule has 29 heavy (non-hydrogen) atoms. The second kappa shape index (κ2) is 6.17. The number of fused-ring (bicyclic) bond motifs is 3. The van der Waals surface area contributed by atoms with Crippen molar-refractivity contribution in [2.75, 3.05) is 14.1 Å². The number of aromatic hydroxyl groups is 1. The highest BCUT2D eigenvalue weighted by Crippen LogP contribution is 2.52. The molecule has 8 nitrogen and oxygen atoms in total. The summed E-state index contributed by atoms with van der Waals surface area (Å²) in [6.07, 6.45) is 0.458. The summed E-state index contributed by atoms with van der Waals surface area (Å²) in [5.41, 5.74) is -2.50. The zero-order valence-electron chi connectivity index (χ0n) is 15.9. The molecule has 0 saturated heterocycles. The van der Waals surface area contributed by atoms with E-state index in [1.807, 2.05) is 0 Å². The van der Waals surface area contributed by atoms with Gasteiger partial charge in [0, 0.05) is 11.5 Å². The fraction of sp³-hybridized carbons (Fsp3) is 0.381. The van der Waals surface area contributed by atoms with Crippen LogP contribution in [0.1, 0.15) is 17.5 Å². The molecule has 4 rings (SSSR count). The Hall–Kier alpha value is -3.15. The normalized spacial score (nSPS) is 31.3. The number of carbonyl (C=O) groups excluding carboxylic acids is 2. The van der Waals surface area contributed by atoms with Gasteiger partial charge in [-0.25, -0.2) is 0 Å². The molecule has 1 fully saturated rings. The van der Waals surface area contributed by atoms with Gasteiger partial charge >= 0.3 is 0 Å². The summed E-state index contributed by atoms with van der Waals surface area (Å²) >= 11 is 0. The molecule has 0 spiro atoms. The fourth-order valence-corrected chi connectivity index (χ4v) is 5.05. The van der Waals surface area contributed by atoms with Crippen LogP contribution in [-0.2, 0) is 16.0 Å². The van der Waals surface area contributed by atoms with Crippen LogP contribution in [0.15, 0.2) is 35.1 Å². The third-order valence-corrected chi connectivity index (χ3v) is 6.32. The Bertz CT molecular complexity index is 1060. The molecule has 0 aliphatic heterocycles. The average Bonchev–Trinajstić information content (AvgIpc) is 2.65. The van der Waals surface area contributed by atoms with Gasteiger partial charge in [0.1, 0.15) is 23.2 Å². The lowest BCUT2D eigenvalue weighted by Crippen LogP contribution is -2.64. The van der Waals surface area contributed by atoms with Gasteiger partial charge in [0.25, 0.3) is 0 Å². The van der Waals surface area contributed by atoms with Crippen LogP contribution in [0.25, 0.3) is 5.76 Å². The number of hydrogen-bond acceptors (Lipinski definition) is 8. The molecule has 3 aliphatic rings. The maximum absolute atomic E-state index is 13.4. The first kappa shape index (κ1) is 19.2. The molecule has 4 unspecified atom stereocenters. The molecule has 0 bridgehead atoms. The number of hydrogen-bond donors (Lipinski definition) is 4. The van der Waals surface area contributed by atoms with Crippen molar-refractivity contribution in [2.45, 2.75) is 24.5 Å². The van der Waals surface area contributed by atoms with Gasteiger partial charge in [-0.3, -0.25) is 14.5 Å². The van der Waals surface area contributed by atoms with Crippen molar-refractivity contribution in [3.8, 4) is 11.8 Å². The lowest BCUT2D eigenvalue weighted by Gasteiger charge is -2.49. The van der Waals surface area contributed by atoms with Gasteiger partial charge < -0.3 is 20.4 Å². The van der Waals surface area contributed by atoms with E-state index < -0.39 is 52.1 Å². The minimum atomic E-state index is -2.50. The predicted octanol–water partition coefficient (Wildman–Crippen LogP) is 1.00. The van der Waals surface area contributed by atoms with E-state index in [0.29, 0.717) is 12.0 Å². The largest absolute Gasteiger partial charge is 0.507 e. The van der Waals surface area contributed by atoms with Crippen LogP contribution < -0.4 is 0 Å². The first-order valence-electron chi connectivity index (χ1n) is 9.20. The molecule has 1 saturated carbocycles. The molecular formula is C21H20N2O6. The maximum Gasteiger partial charge on any atom is 0.202 e. The first-order valence-corrected chi connectivity index (χ1v) is 9.20. The van der Waals surface area contributed by atoms with E-state index in [1.165, 1.54) is 11.0 Å².